The van der Waals surface area contributed by atoms with E-state index in [4.69, 9.17) is 10.7 Å². The number of hydrogen-bond acceptors (Lipinski definition) is 8. The fourth-order valence-corrected chi connectivity index (χ4v) is 3.84. The van der Waals surface area contributed by atoms with Gasteiger partial charge >= 0.3 is 0 Å². The normalized spacial score (nSPS) is 12.0. The minimum absolute atomic E-state index is 0.0539. The Morgan fingerprint density at radius 3 is 2.42 bits per heavy atom. The van der Waals surface area contributed by atoms with Crippen LogP contribution in [0.5, 0.6) is 0 Å². The summed E-state index contributed by atoms with van der Waals surface area (Å²) in [5.74, 6) is -0.0539. The molecule has 1 amide bonds. The first-order chi connectivity index (χ1) is 15.8. The fourth-order valence-electron chi connectivity index (χ4n) is 3.03. The highest BCUT2D eigenvalue weighted by Gasteiger charge is 2.15. The monoisotopic (exact) mass is 459 g/mol. The molecule has 168 valence electrons. The van der Waals surface area contributed by atoms with Crippen molar-refractivity contribution in [3.8, 4) is 6.07 Å². The molecule has 0 spiro atoms. The summed E-state index contributed by atoms with van der Waals surface area (Å²) in [5, 5.41) is 22.0. The second-order valence-corrected chi connectivity index (χ2v) is 8.39. The van der Waals surface area contributed by atoms with E-state index in [9.17, 15) is 10.1 Å². The van der Waals surface area contributed by atoms with Gasteiger partial charge in [-0.15, -0.1) is 10.2 Å². The van der Waals surface area contributed by atoms with E-state index in [-0.39, 0.29) is 5.91 Å². The fraction of sp³-hybridized carbons (Fsp3) is 0.208. The molecule has 0 aliphatic carbocycles. The maximum absolute atomic E-state index is 12.2. The second kappa shape index (κ2) is 10.5. The number of aliphatic imine (C=N–C) groups is 1. The topological polar surface area (TPSA) is 120 Å². The standard InChI is InChI=1S/C24H25N7OS/c1-5-19(16-10-12-17(13-11-16)23(32)31(3)4)27-21(15(2)26)22-29-30-24(33-22)28-20-9-7-6-8-18(20)14-25/h6-13H,5,26H2,1-4H3,(H,28,30)/b21-15+,27-19?. The molecule has 0 atom stereocenters. The van der Waals surface area contributed by atoms with Crippen LogP contribution in [-0.2, 0) is 0 Å². The first-order valence-corrected chi connectivity index (χ1v) is 11.1. The van der Waals surface area contributed by atoms with Gasteiger partial charge in [0, 0.05) is 31.1 Å². The summed E-state index contributed by atoms with van der Waals surface area (Å²) in [5.41, 5.74) is 10.7. The van der Waals surface area contributed by atoms with Crippen LogP contribution in [-0.4, -0.2) is 40.8 Å². The third-order valence-corrected chi connectivity index (χ3v) is 5.59. The Bertz CT molecular complexity index is 1250. The molecule has 0 fully saturated rings. The van der Waals surface area contributed by atoms with Crippen LogP contribution in [0.25, 0.3) is 5.70 Å². The van der Waals surface area contributed by atoms with Gasteiger partial charge < -0.3 is 16.0 Å². The van der Waals surface area contributed by atoms with Crippen molar-refractivity contribution in [2.45, 2.75) is 20.3 Å². The van der Waals surface area contributed by atoms with Crippen molar-refractivity contribution in [1.29, 1.82) is 5.26 Å². The maximum Gasteiger partial charge on any atom is 0.253 e. The average Bonchev–Trinajstić information content (AvgIpc) is 3.27. The summed E-state index contributed by atoms with van der Waals surface area (Å²) >= 11 is 1.30. The summed E-state index contributed by atoms with van der Waals surface area (Å²) in [6.45, 7) is 3.78. The third-order valence-electron chi connectivity index (χ3n) is 4.74. The van der Waals surface area contributed by atoms with Crippen molar-refractivity contribution in [2.75, 3.05) is 19.4 Å². The second-order valence-electron chi connectivity index (χ2n) is 7.42. The number of benzene rings is 2. The Balaban J connectivity index is 1.89. The van der Waals surface area contributed by atoms with Crippen molar-refractivity contribution < 1.29 is 4.79 Å². The molecule has 0 aliphatic rings. The first kappa shape index (κ1) is 23.6. The first-order valence-electron chi connectivity index (χ1n) is 10.3. The van der Waals surface area contributed by atoms with E-state index < -0.39 is 0 Å². The number of hydrogen-bond donors (Lipinski definition) is 2. The lowest BCUT2D eigenvalue weighted by Crippen LogP contribution is -2.21. The van der Waals surface area contributed by atoms with Gasteiger partial charge in [0.15, 0.2) is 5.01 Å². The maximum atomic E-state index is 12.2. The molecule has 0 aliphatic heterocycles. The van der Waals surface area contributed by atoms with Gasteiger partial charge in [0.25, 0.3) is 5.91 Å². The van der Waals surface area contributed by atoms with Gasteiger partial charge in [0.1, 0.15) is 11.8 Å². The molecule has 0 saturated heterocycles. The zero-order valence-corrected chi connectivity index (χ0v) is 19.8. The van der Waals surface area contributed by atoms with Crippen LogP contribution < -0.4 is 11.1 Å². The molecule has 1 heterocycles. The number of nitrogens with one attached hydrogen (secondary N) is 1. The van der Waals surface area contributed by atoms with E-state index in [0.29, 0.717) is 44.8 Å². The lowest BCUT2D eigenvalue weighted by Gasteiger charge is -2.11. The Labute approximate surface area is 197 Å². The van der Waals surface area contributed by atoms with Crippen LogP contribution >= 0.6 is 11.3 Å². The van der Waals surface area contributed by atoms with Crippen LogP contribution in [0.3, 0.4) is 0 Å². The molecule has 0 bridgehead atoms. The Morgan fingerprint density at radius 2 is 1.82 bits per heavy atom. The SMILES string of the molecule is CCC(=N/C(=C(\C)N)c1nnc(Nc2ccccc2C#N)s1)c1ccc(C(=O)N(C)C)cc1. The van der Waals surface area contributed by atoms with Gasteiger partial charge in [0.05, 0.1) is 11.3 Å². The summed E-state index contributed by atoms with van der Waals surface area (Å²) in [7, 11) is 3.45. The molecular formula is C24H25N7OS. The third kappa shape index (κ3) is 5.61. The van der Waals surface area contributed by atoms with E-state index in [0.717, 1.165) is 11.3 Å². The molecule has 0 saturated carbocycles. The molecule has 3 aromatic rings. The summed E-state index contributed by atoms with van der Waals surface area (Å²) in [6.07, 6.45) is 0.664. The predicted octanol–water partition coefficient (Wildman–Crippen LogP) is 4.40. The average molecular weight is 460 g/mol. The largest absolute Gasteiger partial charge is 0.400 e. The van der Waals surface area contributed by atoms with Crippen LogP contribution in [0.2, 0.25) is 0 Å². The number of anilines is 2. The molecule has 3 rings (SSSR count). The molecule has 2 aromatic carbocycles. The zero-order chi connectivity index (χ0) is 24.0. The lowest BCUT2D eigenvalue weighted by molar-refractivity contribution is 0.0827. The Hall–Kier alpha value is -4.03. The van der Waals surface area contributed by atoms with Crippen LogP contribution in [0.4, 0.5) is 10.8 Å². The number of carbonyl (C=O) groups excluding carboxylic acids is 1. The van der Waals surface area contributed by atoms with Crippen molar-refractivity contribution >= 4 is 39.5 Å². The molecule has 9 heteroatoms. The number of carbonyl (C=O) groups is 1. The highest BCUT2D eigenvalue weighted by Crippen LogP contribution is 2.29. The highest BCUT2D eigenvalue weighted by molar-refractivity contribution is 7.16. The molecule has 0 unspecified atom stereocenters. The number of nitrogens with zero attached hydrogens (tertiary/aromatic N) is 5. The summed E-state index contributed by atoms with van der Waals surface area (Å²) < 4.78 is 0. The molecular weight excluding hydrogens is 434 g/mol. The van der Waals surface area contributed by atoms with E-state index in [2.05, 4.69) is 21.6 Å². The minimum Gasteiger partial charge on any atom is -0.400 e. The molecule has 3 N–H and O–H groups in total. The summed E-state index contributed by atoms with van der Waals surface area (Å²) in [6, 6.07) is 16.7. The number of nitrogens with two attached hydrogens (primary N) is 1. The van der Waals surface area contributed by atoms with E-state index in [1.807, 2.05) is 31.2 Å². The van der Waals surface area contributed by atoms with Gasteiger partial charge in [-0.05, 0) is 43.2 Å². The van der Waals surface area contributed by atoms with E-state index in [1.54, 1.807) is 50.2 Å². The number of para-hydroxylation sites is 1. The van der Waals surface area contributed by atoms with Crippen molar-refractivity contribution in [2.24, 2.45) is 10.7 Å². The number of rotatable bonds is 7. The van der Waals surface area contributed by atoms with Crippen molar-refractivity contribution in [3.05, 3.63) is 75.9 Å². The highest BCUT2D eigenvalue weighted by atomic mass is 32.1. The quantitative estimate of drug-likeness (QED) is 0.505. The van der Waals surface area contributed by atoms with Gasteiger partial charge in [-0.2, -0.15) is 5.26 Å². The van der Waals surface area contributed by atoms with Crippen molar-refractivity contribution in [3.63, 3.8) is 0 Å². The molecule has 33 heavy (non-hydrogen) atoms. The van der Waals surface area contributed by atoms with E-state index >= 15 is 0 Å². The van der Waals surface area contributed by atoms with Gasteiger partial charge in [0.2, 0.25) is 5.13 Å². The van der Waals surface area contributed by atoms with Crippen LogP contribution in [0.1, 0.15) is 46.8 Å². The van der Waals surface area contributed by atoms with Crippen LogP contribution in [0.15, 0.2) is 59.2 Å². The predicted molar refractivity (Wildman–Crippen MR) is 132 cm³/mol. The van der Waals surface area contributed by atoms with Crippen LogP contribution in [0, 0.1) is 11.3 Å². The minimum atomic E-state index is -0.0539. The number of amides is 1. The van der Waals surface area contributed by atoms with Gasteiger partial charge in [-0.25, -0.2) is 4.99 Å². The number of nitriles is 1. The molecule has 1 aromatic heterocycles. The van der Waals surface area contributed by atoms with E-state index in [1.165, 1.54) is 11.3 Å². The molecule has 8 nitrogen and oxygen atoms in total. The lowest BCUT2D eigenvalue weighted by atomic mass is 10.0. The molecule has 0 radical (unpaired) electrons. The Kier molecular flexibility index (Phi) is 7.53. The zero-order valence-electron chi connectivity index (χ0n) is 19.0. The number of aromatic nitrogens is 2. The number of allylic oxidation sites excluding steroid dienone is 1. The summed E-state index contributed by atoms with van der Waals surface area (Å²) in [4.78, 5) is 18.5. The van der Waals surface area contributed by atoms with Gasteiger partial charge in [-0.1, -0.05) is 42.5 Å². The van der Waals surface area contributed by atoms with Gasteiger partial charge in [-0.3, -0.25) is 4.79 Å². The smallest absolute Gasteiger partial charge is 0.253 e. The van der Waals surface area contributed by atoms with Crippen molar-refractivity contribution in [1.82, 2.24) is 15.1 Å². The Morgan fingerprint density at radius 1 is 1.15 bits per heavy atom.